The fourth-order valence-electron chi connectivity index (χ4n) is 2.12. The van der Waals surface area contributed by atoms with Crippen molar-refractivity contribution in [2.24, 2.45) is 7.05 Å². The average molecular weight is 275 g/mol. The van der Waals surface area contributed by atoms with Crippen molar-refractivity contribution in [3.8, 4) is 0 Å². The summed E-state index contributed by atoms with van der Waals surface area (Å²) >= 11 is 0. The molecule has 2 N–H and O–H groups in total. The van der Waals surface area contributed by atoms with Crippen molar-refractivity contribution < 1.29 is 4.79 Å². The Morgan fingerprint density at radius 3 is 2.65 bits per heavy atom. The molecule has 108 valence electrons. The van der Waals surface area contributed by atoms with E-state index in [1.807, 2.05) is 27.0 Å². The second-order valence-electron chi connectivity index (χ2n) is 5.36. The molecule has 0 saturated carbocycles. The fraction of sp³-hybridized carbons (Fsp3) is 0.500. The summed E-state index contributed by atoms with van der Waals surface area (Å²) in [5.74, 6) is 0.847. The summed E-state index contributed by atoms with van der Waals surface area (Å²) in [6.45, 7) is 8.03. The maximum atomic E-state index is 12.1. The number of rotatable bonds is 4. The van der Waals surface area contributed by atoms with Crippen LogP contribution in [0.2, 0.25) is 0 Å². The topological polar surface area (TPSA) is 75.6 Å². The minimum absolute atomic E-state index is 0.0778. The Morgan fingerprint density at radius 1 is 1.45 bits per heavy atom. The fourth-order valence-corrected chi connectivity index (χ4v) is 2.12. The summed E-state index contributed by atoms with van der Waals surface area (Å²) in [6, 6.07) is 1.87. The molecule has 0 radical (unpaired) electrons. The molecule has 0 fully saturated rings. The van der Waals surface area contributed by atoms with Gasteiger partial charge in [-0.15, -0.1) is 0 Å². The Morgan fingerprint density at radius 2 is 2.15 bits per heavy atom. The highest BCUT2D eigenvalue weighted by Gasteiger charge is 2.14. The van der Waals surface area contributed by atoms with E-state index in [0.29, 0.717) is 18.2 Å². The van der Waals surface area contributed by atoms with Crippen LogP contribution >= 0.6 is 0 Å². The second-order valence-corrected chi connectivity index (χ2v) is 5.36. The lowest BCUT2D eigenvalue weighted by molar-refractivity contribution is -0.115. The summed E-state index contributed by atoms with van der Waals surface area (Å²) in [5, 5.41) is 14.1. The lowest BCUT2D eigenvalue weighted by Crippen LogP contribution is -2.15. The molecule has 6 heteroatoms. The number of carbonyl (C=O) groups excluding carboxylic acids is 1. The van der Waals surface area contributed by atoms with Crippen molar-refractivity contribution in [1.29, 1.82) is 0 Å². The Balaban J connectivity index is 2.05. The van der Waals surface area contributed by atoms with Crippen LogP contribution in [0.25, 0.3) is 0 Å². The summed E-state index contributed by atoms with van der Waals surface area (Å²) in [7, 11) is 1.88. The summed E-state index contributed by atoms with van der Waals surface area (Å²) in [6.07, 6.45) is 0.315. The van der Waals surface area contributed by atoms with Crippen molar-refractivity contribution in [2.75, 3.05) is 5.32 Å². The molecule has 2 rings (SSSR count). The number of hydrogen-bond donors (Lipinski definition) is 2. The zero-order valence-corrected chi connectivity index (χ0v) is 12.6. The zero-order chi connectivity index (χ0) is 14.9. The van der Waals surface area contributed by atoms with Crippen LogP contribution < -0.4 is 5.32 Å². The molecule has 0 bridgehead atoms. The first-order valence-electron chi connectivity index (χ1n) is 6.72. The molecular formula is C14H21N5O. The molecule has 2 heterocycles. The average Bonchev–Trinajstić information content (AvgIpc) is 2.91. The van der Waals surface area contributed by atoms with Crippen LogP contribution in [0.3, 0.4) is 0 Å². The van der Waals surface area contributed by atoms with Gasteiger partial charge in [-0.25, -0.2) is 0 Å². The van der Waals surface area contributed by atoms with Crippen LogP contribution in [0.5, 0.6) is 0 Å². The van der Waals surface area contributed by atoms with Crippen LogP contribution in [-0.2, 0) is 18.3 Å². The molecule has 2 aromatic rings. The highest BCUT2D eigenvalue weighted by molar-refractivity contribution is 5.91. The van der Waals surface area contributed by atoms with E-state index >= 15 is 0 Å². The quantitative estimate of drug-likeness (QED) is 0.896. The van der Waals surface area contributed by atoms with Gasteiger partial charge in [-0.1, -0.05) is 13.8 Å². The van der Waals surface area contributed by atoms with Gasteiger partial charge in [-0.3, -0.25) is 14.6 Å². The van der Waals surface area contributed by atoms with Gasteiger partial charge in [0, 0.05) is 30.1 Å². The van der Waals surface area contributed by atoms with Crippen molar-refractivity contribution in [1.82, 2.24) is 20.0 Å². The largest absolute Gasteiger partial charge is 0.309 e. The Bertz CT molecular complexity index is 624. The Hall–Kier alpha value is -2.11. The van der Waals surface area contributed by atoms with Crippen LogP contribution in [0.1, 0.15) is 42.4 Å². The van der Waals surface area contributed by atoms with Gasteiger partial charge in [0.2, 0.25) is 5.91 Å². The second kappa shape index (κ2) is 5.48. The molecule has 0 spiro atoms. The molecule has 0 atom stereocenters. The Kier molecular flexibility index (Phi) is 3.92. The van der Waals surface area contributed by atoms with Crippen LogP contribution in [0.4, 0.5) is 5.82 Å². The molecule has 1 amide bonds. The number of anilines is 1. The Labute approximate surface area is 118 Å². The zero-order valence-electron chi connectivity index (χ0n) is 12.6. The van der Waals surface area contributed by atoms with Gasteiger partial charge < -0.3 is 5.32 Å². The maximum absolute atomic E-state index is 12.1. The monoisotopic (exact) mass is 275 g/mol. The number of carbonyl (C=O) groups is 1. The molecule has 0 aliphatic rings. The number of H-pyrrole nitrogens is 1. The highest BCUT2D eigenvalue weighted by Crippen LogP contribution is 2.16. The maximum Gasteiger partial charge on any atom is 0.230 e. The highest BCUT2D eigenvalue weighted by atomic mass is 16.1. The SMILES string of the molecule is Cc1nn(C)c(C)c1CC(=O)Nc1cc(C(C)C)[nH]n1. The number of aryl methyl sites for hydroxylation is 2. The van der Waals surface area contributed by atoms with E-state index in [2.05, 4.69) is 34.5 Å². The van der Waals surface area contributed by atoms with Gasteiger partial charge in [0.05, 0.1) is 12.1 Å². The van der Waals surface area contributed by atoms with E-state index in [1.165, 1.54) is 0 Å². The molecule has 6 nitrogen and oxygen atoms in total. The third-order valence-corrected chi connectivity index (χ3v) is 3.48. The summed E-state index contributed by atoms with van der Waals surface area (Å²) in [4.78, 5) is 12.1. The number of nitrogens with one attached hydrogen (secondary N) is 2. The lowest BCUT2D eigenvalue weighted by atomic mass is 10.1. The van der Waals surface area contributed by atoms with Gasteiger partial charge in [0.1, 0.15) is 0 Å². The summed E-state index contributed by atoms with van der Waals surface area (Å²) < 4.78 is 1.79. The molecule has 0 unspecified atom stereocenters. The summed E-state index contributed by atoms with van der Waals surface area (Å²) in [5.41, 5.74) is 3.89. The van der Waals surface area contributed by atoms with Crippen molar-refractivity contribution in [2.45, 2.75) is 40.0 Å². The number of nitrogens with zero attached hydrogens (tertiary/aromatic N) is 3. The third-order valence-electron chi connectivity index (χ3n) is 3.48. The van der Waals surface area contributed by atoms with E-state index in [0.717, 1.165) is 22.6 Å². The predicted octanol–water partition coefficient (Wildman–Crippen LogP) is 2.06. The molecule has 0 aromatic carbocycles. The van der Waals surface area contributed by atoms with Gasteiger partial charge in [-0.2, -0.15) is 10.2 Å². The van der Waals surface area contributed by atoms with Crippen LogP contribution in [0.15, 0.2) is 6.07 Å². The molecule has 0 aliphatic heterocycles. The first-order valence-corrected chi connectivity index (χ1v) is 6.72. The van der Waals surface area contributed by atoms with Gasteiger partial charge in [0.25, 0.3) is 0 Å². The number of hydrogen-bond acceptors (Lipinski definition) is 3. The normalized spacial score (nSPS) is 11.1. The van der Waals surface area contributed by atoms with Crippen molar-refractivity contribution in [3.63, 3.8) is 0 Å². The minimum Gasteiger partial charge on any atom is -0.309 e. The first-order chi connectivity index (χ1) is 9.38. The molecule has 0 saturated heterocycles. The van der Waals surface area contributed by atoms with E-state index in [4.69, 9.17) is 0 Å². The van der Waals surface area contributed by atoms with Crippen molar-refractivity contribution >= 4 is 11.7 Å². The molecule has 0 aliphatic carbocycles. The van der Waals surface area contributed by atoms with E-state index in [9.17, 15) is 4.79 Å². The number of aromatic nitrogens is 4. The number of amides is 1. The number of aromatic amines is 1. The van der Waals surface area contributed by atoms with Crippen LogP contribution in [-0.4, -0.2) is 25.9 Å². The van der Waals surface area contributed by atoms with E-state index in [-0.39, 0.29) is 5.91 Å². The molecular weight excluding hydrogens is 254 g/mol. The van der Waals surface area contributed by atoms with Gasteiger partial charge in [0.15, 0.2) is 5.82 Å². The van der Waals surface area contributed by atoms with E-state index < -0.39 is 0 Å². The minimum atomic E-state index is -0.0778. The van der Waals surface area contributed by atoms with Crippen molar-refractivity contribution in [3.05, 3.63) is 28.7 Å². The predicted molar refractivity (Wildman–Crippen MR) is 77.7 cm³/mol. The molecule has 2 aromatic heterocycles. The van der Waals surface area contributed by atoms with Gasteiger partial charge in [-0.05, 0) is 19.8 Å². The van der Waals surface area contributed by atoms with E-state index in [1.54, 1.807) is 4.68 Å². The van der Waals surface area contributed by atoms with Crippen LogP contribution in [0, 0.1) is 13.8 Å². The van der Waals surface area contributed by atoms with Gasteiger partial charge >= 0.3 is 0 Å². The standard InChI is InChI=1S/C14H21N5O/c1-8(2)12-7-13(17-16-12)15-14(20)6-11-9(3)18-19(5)10(11)4/h7-8H,6H2,1-5H3,(H2,15,16,17,20). The first kappa shape index (κ1) is 14.3. The lowest BCUT2D eigenvalue weighted by Gasteiger charge is -2.03. The molecule has 20 heavy (non-hydrogen) atoms. The third kappa shape index (κ3) is 2.89. The smallest absolute Gasteiger partial charge is 0.230 e.